The zero-order chi connectivity index (χ0) is 17.9. The fourth-order valence-corrected chi connectivity index (χ4v) is 3.67. The molecule has 0 radical (unpaired) electrons. The van der Waals surface area contributed by atoms with Gasteiger partial charge in [-0.1, -0.05) is 30.4 Å². The van der Waals surface area contributed by atoms with Crippen molar-refractivity contribution in [2.75, 3.05) is 6.54 Å². The van der Waals surface area contributed by atoms with Crippen LogP contribution in [0.5, 0.6) is 5.75 Å². The number of amides is 1. The number of nitrogens with zero attached hydrogens (tertiary/aromatic N) is 1. The summed E-state index contributed by atoms with van der Waals surface area (Å²) in [5.74, 6) is 1.16. The lowest BCUT2D eigenvalue weighted by atomic mass is 9.93. The highest BCUT2D eigenvalue weighted by Crippen LogP contribution is 2.37. The predicted molar refractivity (Wildman–Crippen MR) is 102 cm³/mol. The number of carbonyl (C=O) groups is 1. The van der Waals surface area contributed by atoms with Gasteiger partial charge >= 0.3 is 0 Å². The molecule has 1 aliphatic heterocycles. The van der Waals surface area contributed by atoms with Crippen LogP contribution in [0.2, 0.25) is 0 Å². The van der Waals surface area contributed by atoms with Crippen LogP contribution in [0, 0.1) is 12.8 Å². The van der Waals surface area contributed by atoms with Crippen LogP contribution in [-0.2, 0) is 11.2 Å². The molecule has 0 saturated carbocycles. The quantitative estimate of drug-likeness (QED) is 0.854. The van der Waals surface area contributed by atoms with E-state index >= 15 is 0 Å². The fraction of sp³-hybridized carbons (Fsp3) is 0.364. The normalized spacial score (nSPS) is 21.1. The Morgan fingerprint density at radius 3 is 2.96 bits per heavy atom. The number of allylic oxidation sites excluding steroid dienone is 2. The third kappa shape index (κ3) is 3.50. The van der Waals surface area contributed by atoms with Crippen LogP contribution in [0.4, 0.5) is 0 Å². The van der Waals surface area contributed by atoms with Crippen LogP contribution in [-0.4, -0.2) is 23.5 Å². The van der Waals surface area contributed by atoms with Crippen LogP contribution >= 0.6 is 0 Å². The summed E-state index contributed by atoms with van der Waals surface area (Å²) in [4.78, 5) is 16.9. The van der Waals surface area contributed by atoms with Crippen LogP contribution < -0.4 is 10.1 Å². The second-order valence-electron chi connectivity index (χ2n) is 7.19. The molecule has 0 spiro atoms. The Morgan fingerprint density at radius 2 is 2.19 bits per heavy atom. The maximum absolute atomic E-state index is 12.3. The Labute approximate surface area is 154 Å². The van der Waals surface area contributed by atoms with Crippen molar-refractivity contribution in [2.45, 2.75) is 38.7 Å². The smallest absolute Gasteiger partial charge is 0.223 e. The van der Waals surface area contributed by atoms with Crippen molar-refractivity contribution < 1.29 is 9.53 Å². The van der Waals surface area contributed by atoms with Crippen LogP contribution in [0.15, 0.2) is 48.7 Å². The number of ether oxygens (including phenoxy) is 1. The van der Waals surface area contributed by atoms with E-state index in [-0.39, 0.29) is 17.9 Å². The van der Waals surface area contributed by atoms with E-state index in [4.69, 9.17) is 4.74 Å². The third-order valence-corrected chi connectivity index (χ3v) is 5.16. The van der Waals surface area contributed by atoms with Crippen LogP contribution in [0.3, 0.4) is 0 Å². The van der Waals surface area contributed by atoms with Crippen molar-refractivity contribution >= 4 is 5.91 Å². The number of aromatic nitrogens is 1. The maximum Gasteiger partial charge on any atom is 0.223 e. The van der Waals surface area contributed by atoms with Gasteiger partial charge in [-0.2, -0.15) is 0 Å². The second kappa shape index (κ2) is 7.32. The van der Waals surface area contributed by atoms with Gasteiger partial charge in [0.05, 0.1) is 12.2 Å². The van der Waals surface area contributed by atoms with Crippen LogP contribution in [0.25, 0.3) is 11.3 Å². The summed E-state index contributed by atoms with van der Waals surface area (Å²) in [5, 5.41) is 3.08. The molecule has 2 heterocycles. The molecule has 2 atom stereocenters. The van der Waals surface area contributed by atoms with E-state index in [9.17, 15) is 4.79 Å². The van der Waals surface area contributed by atoms with Gasteiger partial charge in [-0.05, 0) is 49.4 Å². The zero-order valence-electron chi connectivity index (χ0n) is 15.1. The topological polar surface area (TPSA) is 51.2 Å². The number of benzene rings is 1. The van der Waals surface area contributed by atoms with Gasteiger partial charge in [-0.3, -0.25) is 9.78 Å². The van der Waals surface area contributed by atoms with E-state index in [1.54, 1.807) is 0 Å². The molecule has 1 amide bonds. The molecular weight excluding hydrogens is 324 g/mol. The van der Waals surface area contributed by atoms with Gasteiger partial charge in [0.2, 0.25) is 5.91 Å². The van der Waals surface area contributed by atoms with Crippen molar-refractivity contribution in [3.05, 3.63) is 59.8 Å². The predicted octanol–water partition coefficient (Wildman–Crippen LogP) is 3.83. The Bertz CT molecular complexity index is 827. The first-order valence-electron chi connectivity index (χ1n) is 9.35. The summed E-state index contributed by atoms with van der Waals surface area (Å²) in [5.41, 5.74) is 4.27. The minimum Gasteiger partial charge on any atom is -0.487 e. The summed E-state index contributed by atoms with van der Waals surface area (Å²) < 4.78 is 6.19. The number of hydrogen-bond acceptors (Lipinski definition) is 3. The second-order valence-corrected chi connectivity index (χ2v) is 7.19. The molecule has 1 aromatic carbocycles. The van der Waals surface area contributed by atoms with Crippen molar-refractivity contribution in [2.24, 2.45) is 5.92 Å². The summed E-state index contributed by atoms with van der Waals surface area (Å²) in [6.07, 6.45) is 9.73. The van der Waals surface area contributed by atoms with E-state index in [1.807, 2.05) is 31.3 Å². The molecule has 2 aromatic rings. The largest absolute Gasteiger partial charge is 0.487 e. The van der Waals surface area contributed by atoms with Gasteiger partial charge in [0.15, 0.2) is 0 Å². The SMILES string of the molecule is Cc1ccc(-c2cccc3c2OC(CNC(=O)C2CC=CCC2)C3)nc1. The minimum atomic E-state index is -0.0142. The van der Waals surface area contributed by atoms with Gasteiger partial charge < -0.3 is 10.1 Å². The first kappa shape index (κ1) is 16.8. The van der Waals surface area contributed by atoms with Gasteiger partial charge in [0.25, 0.3) is 0 Å². The molecule has 0 saturated heterocycles. The highest BCUT2D eigenvalue weighted by molar-refractivity contribution is 5.79. The average molecular weight is 348 g/mol. The fourth-order valence-electron chi connectivity index (χ4n) is 3.67. The Morgan fingerprint density at radius 1 is 1.27 bits per heavy atom. The molecule has 0 fully saturated rings. The summed E-state index contributed by atoms with van der Waals surface area (Å²) in [7, 11) is 0. The number of nitrogens with one attached hydrogen (secondary N) is 1. The number of fused-ring (bicyclic) bond motifs is 1. The molecule has 4 heteroatoms. The highest BCUT2D eigenvalue weighted by Gasteiger charge is 2.27. The average Bonchev–Trinajstić information content (AvgIpc) is 3.10. The maximum atomic E-state index is 12.3. The molecule has 134 valence electrons. The van der Waals surface area contributed by atoms with Crippen molar-refractivity contribution in [3.63, 3.8) is 0 Å². The van der Waals surface area contributed by atoms with E-state index in [0.29, 0.717) is 6.54 Å². The molecule has 4 rings (SSSR count). The van der Waals surface area contributed by atoms with Crippen molar-refractivity contribution in [1.82, 2.24) is 10.3 Å². The summed E-state index contributed by atoms with van der Waals surface area (Å²) >= 11 is 0. The van der Waals surface area contributed by atoms with E-state index in [2.05, 4.69) is 34.6 Å². The monoisotopic (exact) mass is 348 g/mol. The van der Waals surface area contributed by atoms with E-state index in [0.717, 1.165) is 48.3 Å². The molecule has 26 heavy (non-hydrogen) atoms. The Kier molecular flexibility index (Phi) is 4.74. The minimum absolute atomic E-state index is 0.0142. The number of hydrogen-bond donors (Lipinski definition) is 1. The van der Waals surface area contributed by atoms with Gasteiger partial charge in [0.1, 0.15) is 11.9 Å². The van der Waals surface area contributed by atoms with E-state index in [1.165, 1.54) is 5.56 Å². The van der Waals surface area contributed by atoms with Crippen molar-refractivity contribution in [1.29, 1.82) is 0 Å². The lowest BCUT2D eigenvalue weighted by Gasteiger charge is -2.19. The Balaban J connectivity index is 1.42. The molecule has 0 bridgehead atoms. The molecule has 1 N–H and O–H groups in total. The number of pyridine rings is 1. The van der Waals surface area contributed by atoms with Gasteiger partial charge in [-0.25, -0.2) is 0 Å². The van der Waals surface area contributed by atoms with E-state index < -0.39 is 0 Å². The molecule has 4 nitrogen and oxygen atoms in total. The number of carbonyl (C=O) groups excluding carboxylic acids is 1. The van der Waals surface area contributed by atoms with Crippen molar-refractivity contribution in [3.8, 4) is 17.0 Å². The molecular formula is C22H24N2O2. The lowest BCUT2D eigenvalue weighted by Crippen LogP contribution is -2.38. The molecule has 2 aliphatic rings. The van der Waals surface area contributed by atoms with Gasteiger partial charge in [0, 0.05) is 24.1 Å². The summed E-state index contributed by atoms with van der Waals surface area (Å²) in [6.45, 7) is 2.58. The Hall–Kier alpha value is -2.62. The molecule has 1 aliphatic carbocycles. The standard InChI is InChI=1S/C22H24N2O2/c1-15-10-11-20(23-13-15)19-9-5-8-17-12-18(26-21(17)19)14-24-22(25)16-6-3-2-4-7-16/h2-3,5,8-11,13,16,18H,4,6-7,12,14H2,1H3,(H,24,25). The number of para-hydroxylation sites is 1. The third-order valence-electron chi connectivity index (χ3n) is 5.16. The van der Waals surface area contributed by atoms with Crippen LogP contribution in [0.1, 0.15) is 30.4 Å². The van der Waals surface area contributed by atoms with Gasteiger partial charge in [-0.15, -0.1) is 0 Å². The summed E-state index contributed by atoms with van der Waals surface area (Å²) in [6, 6.07) is 10.3. The highest BCUT2D eigenvalue weighted by atomic mass is 16.5. The first-order chi connectivity index (χ1) is 12.7. The first-order valence-corrected chi connectivity index (χ1v) is 9.35. The lowest BCUT2D eigenvalue weighted by molar-refractivity contribution is -0.125. The zero-order valence-corrected chi connectivity index (χ0v) is 15.1. The number of rotatable bonds is 4. The molecule has 1 aromatic heterocycles. The number of aryl methyl sites for hydroxylation is 1. The molecule has 2 unspecified atom stereocenters.